The van der Waals surface area contributed by atoms with Gasteiger partial charge in [-0.1, -0.05) is 0 Å². The summed E-state index contributed by atoms with van der Waals surface area (Å²) in [6, 6.07) is 3.33. The standard InChI is InChI=1S/C18H29N3O5/c1-18(2,3)26-17(24)21-6-4-20(5-7-21)8-9-25-16-10-14(12-22)19-15(11-16)13-23/h10-11,22-23H,4-9,12-13H2,1-3H3. The molecule has 0 saturated carbocycles. The lowest BCUT2D eigenvalue weighted by atomic mass is 10.2. The van der Waals surface area contributed by atoms with E-state index in [4.69, 9.17) is 9.47 Å². The van der Waals surface area contributed by atoms with Crippen molar-refractivity contribution in [1.29, 1.82) is 0 Å². The summed E-state index contributed by atoms with van der Waals surface area (Å²) in [5.74, 6) is 0.584. The van der Waals surface area contributed by atoms with E-state index in [-0.39, 0.29) is 19.3 Å². The zero-order valence-electron chi connectivity index (χ0n) is 15.8. The minimum Gasteiger partial charge on any atom is -0.492 e. The average molecular weight is 367 g/mol. The van der Waals surface area contributed by atoms with Crippen molar-refractivity contribution < 1.29 is 24.5 Å². The molecule has 1 aliphatic rings. The monoisotopic (exact) mass is 367 g/mol. The van der Waals surface area contributed by atoms with Crippen LogP contribution < -0.4 is 4.74 Å². The van der Waals surface area contributed by atoms with Gasteiger partial charge in [0.1, 0.15) is 18.0 Å². The number of carbonyl (C=O) groups excluding carboxylic acids is 1. The molecule has 2 rings (SSSR count). The third-order valence-corrected chi connectivity index (χ3v) is 3.93. The van der Waals surface area contributed by atoms with E-state index in [0.717, 1.165) is 19.6 Å². The Morgan fingerprint density at radius 1 is 1.12 bits per heavy atom. The van der Waals surface area contributed by atoms with Gasteiger partial charge in [0, 0.05) is 44.9 Å². The van der Waals surface area contributed by atoms with E-state index >= 15 is 0 Å². The van der Waals surface area contributed by atoms with Crippen LogP contribution in [0.5, 0.6) is 5.75 Å². The van der Waals surface area contributed by atoms with Crippen molar-refractivity contribution in [3.63, 3.8) is 0 Å². The fraction of sp³-hybridized carbons (Fsp3) is 0.667. The van der Waals surface area contributed by atoms with Gasteiger partial charge in [0.15, 0.2) is 0 Å². The van der Waals surface area contributed by atoms with Gasteiger partial charge >= 0.3 is 6.09 Å². The molecule has 2 N–H and O–H groups in total. The molecule has 8 nitrogen and oxygen atoms in total. The van der Waals surface area contributed by atoms with Crippen LogP contribution in [0.3, 0.4) is 0 Å². The largest absolute Gasteiger partial charge is 0.492 e. The number of nitrogens with zero attached hydrogens (tertiary/aromatic N) is 3. The Kier molecular flexibility index (Phi) is 7.19. The highest BCUT2D eigenvalue weighted by molar-refractivity contribution is 5.68. The molecule has 1 amide bonds. The molecule has 26 heavy (non-hydrogen) atoms. The van der Waals surface area contributed by atoms with E-state index in [0.29, 0.717) is 36.8 Å². The maximum Gasteiger partial charge on any atom is 0.410 e. The zero-order valence-corrected chi connectivity index (χ0v) is 15.8. The predicted octanol–water partition coefficient (Wildman–Crippen LogP) is 0.998. The summed E-state index contributed by atoms with van der Waals surface area (Å²) in [5, 5.41) is 18.4. The number of hydrogen-bond donors (Lipinski definition) is 2. The molecule has 1 aromatic heterocycles. The van der Waals surface area contributed by atoms with Gasteiger partial charge < -0.3 is 24.6 Å². The number of rotatable bonds is 6. The molecule has 0 radical (unpaired) electrons. The van der Waals surface area contributed by atoms with Gasteiger partial charge in [-0.25, -0.2) is 4.79 Å². The molecule has 0 aromatic carbocycles. The average Bonchev–Trinajstić information content (AvgIpc) is 2.60. The third-order valence-electron chi connectivity index (χ3n) is 3.93. The number of amides is 1. The summed E-state index contributed by atoms with van der Waals surface area (Å²) >= 11 is 0. The normalized spacial score (nSPS) is 15.8. The van der Waals surface area contributed by atoms with Gasteiger partial charge in [-0.05, 0) is 20.8 Å². The van der Waals surface area contributed by atoms with Crippen LogP contribution in [0.15, 0.2) is 12.1 Å². The van der Waals surface area contributed by atoms with Crippen molar-refractivity contribution in [2.75, 3.05) is 39.3 Å². The van der Waals surface area contributed by atoms with E-state index in [1.807, 2.05) is 20.8 Å². The Hall–Kier alpha value is -1.90. The minimum absolute atomic E-state index is 0.198. The highest BCUT2D eigenvalue weighted by Gasteiger charge is 2.25. The number of pyridine rings is 1. The van der Waals surface area contributed by atoms with Crippen LogP contribution in [0.2, 0.25) is 0 Å². The maximum absolute atomic E-state index is 12.1. The quantitative estimate of drug-likeness (QED) is 0.774. The molecule has 0 unspecified atom stereocenters. The number of aliphatic hydroxyl groups excluding tert-OH is 2. The van der Waals surface area contributed by atoms with Crippen LogP contribution in [0.4, 0.5) is 4.79 Å². The second-order valence-corrected chi connectivity index (χ2v) is 7.26. The second-order valence-electron chi connectivity index (χ2n) is 7.26. The fourth-order valence-electron chi connectivity index (χ4n) is 2.64. The van der Waals surface area contributed by atoms with Crippen molar-refractivity contribution in [1.82, 2.24) is 14.8 Å². The Labute approximate surface area is 154 Å². The summed E-state index contributed by atoms with van der Waals surface area (Å²) in [7, 11) is 0. The first-order valence-corrected chi connectivity index (χ1v) is 8.85. The first kappa shape index (κ1) is 20.4. The first-order valence-electron chi connectivity index (χ1n) is 8.85. The SMILES string of the molecule is CC(C)(C)OC(=O)N1CCN(CCOc2cc(CO)nc(CO)c2)CC1. The number of ether oxygens (including phenoxy) is 2. The summed E-state index contributed by atoms with van der Waals surface area (Å²) in [4.78, 5) is 20.1. The van der Waals surface area contributed by atoms with E-state index in [2.05, 4.69) is 9.88 Å². The second kappa shape index (κ2) is 9.16. The molecular formula is C18H29N3O5. The van der Waals surface area contributed by atoms with Crippen LogP contribution in [0.1, 0.15) is 32.2 Å². The summed E-state index contributed by atoms with van der Waals surface area (Å²) in [6.07, 6.45) is -0.266. The van der Waals surface area contributed by atoms with Crippen LogP contribution in [-0.4, -0.2) is 76.0 Å². The molecule has 0 bridgehead atoms. The van der Waals surface area contributed by atoms with Crippen LogP contribution in [0.25, 0.3) is 0 Å². The first-order chi connectivity index (χ1) is 12.3. The highest BCUT2D eigenvalue weighted by atomic mass is 16.6. The molecule has 1 aliphatic heterocycles. The number of piperazine rings is 1. The topological polar surface area (TPSA) is 95.4 Å². The Morgan fingerprint density at radius 2 is 1.69 bits per heavy atom. The van der Waals surface area contributed by atoms with Crippen molar-refractivity contribution in [2.45, 2.75) is 39.6 Å². The lowest BCUT2D eigenvalue weighted by Crippen LogP contribution is -2.50. The maximum atomic E-state index is 12.1. The number of aliphatic hydroxyl groups is 2. The summed E-state index contributed by atoms with van der Waals surface area (Å²) in [6.45, 7) is 9.20. The third kappa shape index (κ3) is 6.44. The molecule has 0 spiro atoms. The van der Waals surface area contributed by atoms with Gasteiger partial charge in [-0.15, -0.1) is 0 Å². The van der Waals surface area contributed by atoms with E-state index in [9.17, 15) is 15.0 Å². The molecule has 1 aromatic rings. The number of hydrogen-bond acceptors (Lipinski definition) is 7. The Balaban J connectivity index is 1.74. The molecule has 2 heterocycles. The van der Waals surface area contributed by atoms with Crippen LogP contribution >= 0.6 is 0 Å². The van der Waals surface area contributed by atoms with Crippen LogP contribution in [0, 0.1) is 0 Å². The van der Waals surface area contributed by atoms with Crippen LogP contribution in [-0.2, 0) is 18.0 Å². The summed E-state index contributed by atoms with van der Waals surface area (Å²) < 4.78 is 11.1. The number of aromatic nitrogens is 1. The zero-order chi connectivity index (χ0) is 19.2. The molecule has 1 fully saturated rings. The molecule has 1 saturated heterocycles. The summed E-state index contributed by atoms with van der Waals surface area (Å²) in [5.41, 5.74) is 0.461. The smallest absolute Gasteiger partial charge is 0.410 e. The van der Waals surface area contributed by atoms with Gasteiger partial charge in [-0.3, -0.25) is 9.88 Å². The number of carbonyl (C=O) groups is 1. The van der Waals surface area contributed by atoms with Crippen molar-refractivity contribution in [3.05, 3.63) is 23.5 Å². The molecule has 0 atom stereocenters. The van der Waals surface area contributed by atoms with Crippen molar-refractivity contribution in [3.8, 4) is 5.75 Å². The van der Waals surface area contributed by atoms with Gasteiger partial charge in [0.05, 0.1) is 24.6 Å². The Morgan fingerprint density at radius 3 is 2.19 bits per heavy atom. The van der Waals surface area contributed by atoms with Gasteiger partial charge in [0.25, 0.3) is 0 Å². The minimum atomic E-state index is -0.479. The highest BCUT2D eigenvalue weighted by Crippen LogP contribution is 2.15. The Bertz CT molecular complexity index is 573. The van der Waals surface area contributed by atoms with E-state index in [1.165, 1.54) is 0 Å². The van der Waals surface area contributed by atoms with Crippen molar-refractivity contribution >= 4 is 6.09 Å². The van der Waals surface area contributed by atoms with Crippen molar-refractivity contribution in [2.24, 2.45) is 0 Å². The fourth-order valence-corrected chi connectivity index (χ4v) is 2.64. The predicted molar refractivity (Wildman–Crippen MR) is 95.8 cm³/mol. The molecule has 0 aliphatic carbocycles. The van der Waals surface area contributed by atoms with E-state index < -0.39 is 5.60 Å². The molecule has 8 heteroatoms. The lowest BCUT2D eigenvalue weighted by molar-refractivity contribution is 0.0137. The van der Waals surface area contributed by atoms with Gasteiger partial charge in [-0.2, -0.15) is 0 Å². The molecule has 146 valence electrons. The van der Waals surface area contributed by atoms with E-state index in [1.54, 1.807) is 17.0 Å². The van der Waals surface area contributed by atoms with Gasteiger partial charge in [0.2, 0.25) is 0 Å². The molecular weight excluding hydrogens is 338 g/mol. The lowest BCUT2D eigenvalue weighted by Gasteiger charge is -2.35.